The molecule has 2 atom stereocenters. The first-order chi connectivity index (χ1) is 6.20. The molecule has 0 aromatic rings. The number of rotatable bonds is 0. The lowest BCUT2D eigenvalue weighted by molar-refractivity contribution is -0.252. The molecule has 6 nitrogen and oxygen atoms in total. The zero-order valence-corrected chi connectivity index (χ0v) is 7.01. The van der Waals surface area contributed by atoms with Crippen LogP contribution in [0.2, 0.25) is 0 Å². The van der Waals surface area contributed by atoms with Crippen LogP contribution >= 0.6 is 0 Å². The molecule has 0 saturated carbocycles. The zero-order chi connectivity index (χ0) is 9.42. The molecular weight excluding hydrogens is 172 g/mol. The standard InChI is InChI=1S/C7H12N4O2/c8-7-9-11(13)6-4-2-1-3-5(6)10(7)12/h2,5,7,9,12-13H,1,3,8H2. The van der Waals surface area contributed by atoms with E-state index in [1.165, 1.54) is 0 Å². The van der Waals surface area contributed by atoms with E-state index in [1.807, 2.05) is 6.08 Å². The first-order valence-corrected chi connectivity index (χ1v) is 4.13. The molecule has 0 bridgehead atoms. The number of nitrogens with two attached hydrogens (primary N) is 1. The molecule has 1 aliphatic carbocycles. The largest absolute Gasteiger partial charge is 0.310 e. The van der Waals surface area contributed by atoms with E-state index in [4.69, 9.17) is 5.73 Å². The monoisotopic (exact) mass is 184 g/mol. The molecule has 2 rings (SSSR count). The van der Waals surface area contributed by atoms with Gasteiger partial charge in [-0.15, -0.1) is 5.06 Å². The predicted molar refractivity (Wildman–Crippen MR) is 43.0 cm³/mol. The number of hydrogen-bond acceptors (Lipinski definition) is 6. The van der Waals surface area contributed by atoms with Crippen molar-refractivity contribution in [1.82, 2.24) is 15.7 Å². The van der Waals surface area contributed by atoms with Crippen LogP contribution in [-0.2, 0) is 0 Å². The average Bonchev–Trinajstić information content (AvgIpc) is 2.15. The summed E-state index contributed by atoms with van der Waals surface area (Å²) in [5.41, 5.74) is 11.3. The van der Waals surface area contributed by atoms with E-state index < -0.39 is 6.29 Å². The molecule has 0 aromatic heterocycles. The van der Waals surface area contributed by atoms with Gasteiger partial charge in [0.05, 0.1) is 6.04 Å². The summed E-state index contributed by atoms with van der Waals surface area (Å²) < 4.78 is 0. The van der Waals surface area contributed by atoms with Crippen LogP contribution in [0.15, 0.2) is 17.5 Å². The molecule has 2 aliphatic rings. The van der Waals surface area contributed by atoms with E-state index in [0.717, 1.165) is 23.1 Å². The van der Waals surface area contributed by atoms with Gasteiger partial charge in [0, 0.05) is 0 Å². The Labute approximate surface area is 75.4 Å². The van der Waals surface area contributed by atoms with Crippen molar-refractivity contribution in [2.75, 3.05) is 0 Å². The van der Waals surface area contributed by atoms with E-state index in [0.29, 0.717) is 5.70 Å². The van der Waals surface area contributed by atoms with Crippen LogP contribution in [0.3, 0.4) is 0 Å². The lowest BCUT2D eigenvalue weighted by Gasteiger charge is -2.41. The zero-order valence-electron chi connectivity index (χ0n) is 7.01. The van der Waals surface area contributed by atoms with Crippen molar-refractivity contribution in [3.05, 3.63) is 17.5 Å². The molecule has 1 fully saturated rings. The molecule has 0 radical (unpaired) electrons. The van der Waals surface area contributed by atoms with E-state index in [-0.39, 0.29) is 6.04 Å². The van der Waals surface area contributed by atoms with E-state index >= 15 is 0 Å². The van der Waals surface area contributed by atoms with E-state index in [9.17, 15) is 10.4 Å². The molecule has 13 heavy (non-hydrogen) atoms. The summed E-state index contributed by atoms with van der Waals surface area (Å²) in [5, 5.41) is 20.7. The Bertz CT molecular complexity index is 274. The summed E-state index contributed by atoms with van der Waals surface area (Å²) >= 11 is 0. The maximum absolute atomic E-state index is 9.52. The Morgan fingerprint density at radius 1 is 1.62 bits per heavy atom. The minimum absolute atomic E-state index is 0.272. The van der Waals surface area contributed by atoms with Crippen LogP contribution in [0.1, 0.15) is 12.8 Å². The van der Waals surface area contributed by atoms with Crippen LogP contribution < -0.4 is 11.2 Å². The van der Waals surface area contributed by atoms with Gasteiger partial charge >= 0.3 is 0 Å². The average molecular weight is 184 g/mol. The van der Waals surface area contributed by atoms with Crippen molar-refractivity contribution in [2.45, 2.75) is 25.2 Å². The molecule has 0 amide bonds. The van der Waals surface area contributed by atoms with Crippen LogP contribution in [0.5, 0.6) is 0 Å². The van der Waals surface area contributed by atoms with Gasteiger partial charge in [0.2, 0.25) is 0 Å². The van der Waals surface area contributed by atoms with Crippen molar-refractivity contribution in [1.29, 1.82) is 0 Å². The van der Waals surface area contributed by atoms with Gasteiger partial charge in [-0.05, 0) is 18.9 Å². The van der Waals surface area contributed by atoms with E-state index in [2.05, 4.69) is 11.2 Å². The molecule has 0 spiro atoms. The highest BCUT2D eigenvalue weighted by atomic mass is 16.6. The van der Waals surface area contributed by atoms with Crippen LogP contribution in [0.25, 0.3) is 0 Å². The first-order valence-electron chi connectivity index (χ1n) is 4.13. The van der Waals surface area contributed by atoms with Crippen molar-refractivity contribution in [3.63, 3.8) is 0 Å². The SMILES string of the molecule is NC1NN(O)C2=C=CCCC2N1O. The molecule has 0 aromatic carbocycles. The van der Waals surface area contributed by atoms with Gasteiger partial charge in [-0.3, -0.25) is 5.21 Å². The summed E-state index contributed by atoms with van der Waals surface area (Å²) in [5.74, 6) is 0. The second-order valence-electron chi connectivity index (χ2n) is 3.09. The summed E-state index contributed by atoms with van der Waals surface area (Å²) in [6, 6.07) is -0.272. The fourth-order valence-electron chi connectivity index (χ4n) is 1.56. The lowest BCUT2D eigenvalue weighted by Crippen LogP contribution is -2.65. The fourth-order valence-corrected chi connectivity index (χ4v) is 1.56. The second kappa shape index (κ2) is 3.12. The van der Waals surface area contributed by atoms with Gasteiger partial charge in [-0.1, -0.05) is 5.73 Å². The molecular formula is C7H12N4O2. The van der Waals surface area contributed by atoms with Crippen molar-refractivity contribution in [2.24, 2.45) is 5.73 Å². The number of nitrogens with zero attached hydrogens (tertiary/aromatic N) is 2. The summed E-state index contributed by atoms with van der Waals surface area (Å²) in [6.45, 7) is 0. The molecule has 5 N–H and O–H groups in total. The topological polar surface area (TPSA) is 85.0 Å². The van der Waals surface area contributed by atoms with Crippen molar-refractivity contribution in [3.8, 4) is 0 Å². The highest BCUT2D eigenvalue weighted by Gasteiger charge is 2.35. The highest BCUT2D eigenvalue weighted by Crippen LogP contribution is 2.23. The highest BCUT2D eigenvalue weighted by molar-refractivity contribution is 5.13. The van der Waals surface area contributed by atoms with Crippen LogP contribution in [0.4, 0.5) is 0 Å². The van der Waals surface area contributed by atoms with E-state index in [1.54, 1.807) is 0 Å². The molecule has 1 heterocycles. The Morgan fingerprint density at radius 2 is 2.38 bits per heavy atom. The number of hydrazine groups is 1. The van der Waals surface area contributed by atoms with Crippen molar-refractivity contribution >= 4 is 0 Å². The Hall–Kier alpha value is -0.880. The number of hydrogen-bond donors (Lipinski definition) is 4. The minimum Gasteiger partial charge on any atom is -0.310 e. The van der Waals surface area contributed by atoms with Gasteiger partial charge in [0.15, 0.2) is 6.29 Å². The van der Waals surface area contributed by atoms with Crippen molar-refractivity contribution < 1.29 is 10.4 Å². The lowest BCUT2D eigenvalue weighted by atomic mass is 10.0. The van der Waals surface area contributed by atoms with Gasteiger partial charge in [-0.25, -0.2) is 0 Å². The van der Waals surface area contributed by atoms with Gasteiger partial charge in [-0.2, -0.15) is 10.6 Å². The first kappa shape index (κ1) is 8.71. The molecule has 2 unspecified atom stereocenters. The quantitative estimate of drug-likeness (QED) is 0.374. The fraction of sp³-hybridized carbons (Fsp3) is 0.571. The molecule has 6 heteroatoms. The third-order valence-electron chi connectivity index (χ3n) is 2.24. The van der Waals surface area contributed by atoms with Gasteiger partial charge in [0.1, 0.15) is 5.70 Å². The van der Waals surface area contributed by atoms with Crippen LogP contribution in [-0.4, -0.2) is 33.0 Å². The predicted octanol–water partition coefficient (Wildman–Crippen LogP) is -0.669. The Morgan fingerprint density at radius 3 is 3.15 bits per heavy atom. The van der Waals surface area contributed by atoms with Gasteiger partial charge < -0.3 is 10.9 Å². The third kappa shape index (κ3) is 1.36. The Balaban J connectivity index is 2.30. The second-order valence-corrected chi connectivity index (χ2v) is 3.09. The smallest absolute Gasteiger partial charge is 0.154 e. The number of nitrogens with one attached hydrogen (secondary N) is 1. The normalized spacial score (nSPS) is 34.4. The summed E-state index contributed by atoms with van der Waals surface area (Å²) in [4.78, 5) is 0. The summed E-state index contributed by atoms with van der Waals surface area (Å²) in [6.07, 6.45) is 2.59. The molecule has 1 saturated heterocycles. The molecule has 1 aliphatic heterocycles. The minimum atomic E-state index is -0.779. The summed E-state index contributed by atoms with van der Waals surface area (Å²) in [7, 11) is 0. The maximum atomic E-state index is 9.52. The number of hydroxylamine groups is 3. The van der Waals surface area contributed by atoms with Crippen LogP contribution in [0, 0.1) is 0 Å². The van der Waals surface area contributed by atoms with Gasteiger partial charge in [0.25, 0.3) is 0 Å². The molecule has 72 valence electrons. The maximum Gasteiger partial charge on any atom is 0.154 e. The number of fused-ring (bicyclic) bond motifs is 1. The Kier molecular flexibility index (Phi) is 2.09. The third-order valence-corrected chi connectivity index (χ3v) is 2.24.